The topological polar surface area (TPSA) is 12.9 Å². The fraction of sp³-hybridized carbons (Fsp3) is 0.100. The number of pyridine rings is 1. The molecule has 0 saturated carbocycles. The Bertz CT molecular complexity index is 485. The molecule has 2 aromatic rings. The van der Waals surface area contributed by atoms with Crippen molar-refractivity contribution >= 4 is 50.0 Å². The van der Waals surface area contributed by atoms with Crippen LogP contribution in [0.3, 0.4) is 0 Å². The molecule has 2 rings (SSSR count). The van der Waals surface area contributed by atoms with Crippen LogP contribution in [0, 0.1) is 0 Å². The lowest BCUT2D eigenvalue weighted by Crippen LogP contribution is -1.88. The summed E-state index contributed by atoms with van der Waals surface area (Å²) in [5, 5.41) is 1.64. The summed E-state index contributed by atoms with van der Waals surface area (Å²) in [5.74, 6) is 0.335. The predicted octanol–water partition coefficient (Wildman–Crippen LogP) is 4.39. The molecule has 0 bridgehead atoms. The Balaban J connectivity index is 2.73. The predicted molar refractivity (Wildman–Crippen MR) is 64.0 cm³/mol. The van der Waals surface area contributed by atoms with Crippen molar-refractivity contribution in [2.45, 2.75) is 5.88 Å². The van der Waals surface area contributed by atoms with E-state index in [0.29, 0.717) is 10.9 Å². The van der Waals surface area contributed by atoms with E-state index in [2.05, 4.69) is 20.9 Å². The fourth-order valence-corrected chi connectivity index (χ4v) is 2.10. The first-order valence-corrected chi connectivity index (χ1v) is 5.72. The van der Waals surface area contributed by atoms with Gasteiger partial charge in [-0.25, -0.2) is 4.98 Å². The van der Waals surface area contributed by atoms with Gasteiger partial charge in [0.2, 0.25) is 0 Å². The first-order chi connectivity index (χ1) is 6.70. The number of benzene rings is 1. The van der Waals surface area contributed by atoms with E-state index in [0.717, 1.165) is 21.1 Å². The summed E-state index contributed by atoms with van der Waals surface area (Å²) in [6.45, 7) is 0. The minimum absolute atomic E-state index is 0.335. The Morgan fingerprint density at radius 1 is 1.29 bits per heavy atom. The number of halogens is 3. The van der Waals surface area contributed by atoms with Crippen LogP contribution in [0.5, 0.6) is 0 Å². The molecule has 0 amide bonds. The molecule has 0 aliphatic carbocycles. The van der Waals surface area contributed by atoms with Gasteiger partial charge < -0.3 is 0 Å². The largest absolute Gasteiger partial charge is 0.250 e. The summed E-state index contributed by atoms with van der Waals surface area (Å²) in [6.07, 6.45) is 0. The highest BCUT2D eigenvalue weighted by Gasteiger charge is 2.03. The molecule has 0 spiro atoms. The standard InChI is InChI=1S/C10H6BrCl2N/c11-7-2-1-6-3-8(13)10(5-12)14-9(6)4-7/h1-4H,5H2. The molecular formula is C10H6BrCl2N. The van der Waals surface area contributed by atoms with Gasteiger partial charge >= 0.3 is 0 Å². The van der Waals surface area contributed by atoms with Crippen LogP contribution in [0.2, 0.25) is 5.02 Å². The molecule has 0 saturated heterocycles. The Labute approximate surface area is 100 Å². The molecule has 72 valence electrons. The van der Waals surface area contributed by atoms with Crippen LogP contribution in [0.4, 0.5) is 0 Å². The third-order valence-electron chi connectivity index (χ3n) is 1.93. The lowest BCUT2D eigenvalue weighted by molar-refractivity contribution is 1.22. The summed E-state index contributed by atoms with van der Waals surface area (Å²) in [7, 11) is 0. The normalized spacial score (nSPS) is 10.8. The van der Waals surface area contributed by atoms with Gasteiger partial charge in [0, 0.05) is 9.86 Å². The maximum absolute atomic E-state index is 5.98. The maximum Gasteiger partial charge on any atom is 0.0744 e. The van der Waals surface area contributed by atoms with E-state index in [1.165, 1.54) is 0 Å². The van der Waals surface area contributed by atoms with Crippen LogP contribution in [-0.4, -0.2) is 4.98 Å². The Hall–Kier alpha value is -0.310. The summed E-state index contributed by atoms with van der Waals surface area (Å²) in [5.41, 5.74) is 1.62. The minimum atomic E-state index is 0.335. The van der Waals surface area contributed by atoms with Gasteiger partial charge in [0.25, 0.3) is 0 Å². The van der Waals surface area contributed by atoms with E-state index in [1.807, 2.05) is 24.3 Å². The van der Waals surface area contributed by atoms with Crippen molar-refractivity contribution < 1.29 is 0 Å². The molecular weight excluding hydrogens is 285 g/mol. The molecule has 0 atom stereocenters. The van der Waals surface area contributed by atoms with E-state index in [4.69, 9.17) is 23.2 Å². The highest BCUT2D eigenvalue weighted by molar-refractivity contribution is 9.10. The molecule has 4 heteroatoms. The quantitative estimate of drug-likeness (QED) is 0.710. The van der Waals surface area contributed by atoms with Gasteiger partial charge in [0.05, 0.1) is 22.1 Å². The zero-order valence-corrected chi connectivity index (χ0v) is 10.2. The zero-order valence-electron chi connectivity index (χ0n) is 7.10. The van der Waals surface area contributed by atoms with Crippen molar-refractivity contribution in [1.82, 2.24) is 4.98 Å². The number of fused-ring (bicyclic) bond motifs is 1. The van der Waals surface area contributed by atoms with Crippen molar-refractivity contribution in [1.29, 1.82) is 0 Å². The molecule has 0 unspecified atom stereocenters. The molecule has 0 fully saturated rings. The van der Waals surface area contributed by atoms with E-state index >= 15 is 0 Å². The molecule has 1 aromatic heterocycles. The van der Waals surface area contributed by atoms with E-state index in [1.54, 1.807) is 0 Å². The molecule has 0 radical (unpaired) electrons. The molecule has 0 N–H and O–H groups in total. The third-order valence-corrected chi connectivity index (χ3v) is 3.01. The molecule has 0 aliphatic heterocycles. The summed E-state index contributed by atoms with van der Waals surface area (Å²) in [6, 6.07) is 7.76. The average molecular weight is 291 g/mol. The average Bonchev–Trinajstić information content (AvgIpc) is 2.17. The highest BCUT2D eigenvalue weighted by atomic mass is 79.9. The summed E-state index contributed by atoms with van der Waals surface area (Å²) < 4.78 is 1.00. The van der Waals surface area contributed by atoms with Crippen LogP contribution in [-0.2, 0) is 5.88 Å². The second-order valence-corrected chi connectivity index (χ2v) is 4.48. The first kappa shape index (κ1) is 10.2. The van der Waals surface area contributed by atoms with E-state index < -0.39 is 0 Å². The lowest BCUT2D eigenvalue weighted by Gasteiger charge is -2.03. The van der Waals surface area contributed by atoms with Gasteiger partial charge in [-0.05, 0) is 18.2 Å². The molecule has 14 heavy (non-hydrogen) atoms. The zero-order chi connectivity index (χ0) is 10.1. The lowest BCUT2D eigenvalue weighted by atomic mass is 10.2. The monoisotopic (exact) mass is 289 g/mol. The van der Waals surface area contributed by atoms with E-state index in [-0.39, 0.29) is 0 Å². The molecule has 1 aromatic carbocycles. The van der Waals surface area contributed by atoms with Gasteiger partial charge in [0.1, 0.15) is 0 Å². The van der Waals surface area contributed by atoms with E-state index in [9.17, 15) is 0 Å². The summed E-state index contributed by atoms with van der Waals surface area (Å²) in [4.78, 5) is 4.36. The molecule has 0 aliphatic rings. The van der Waals surface area contributed by atoms with Gasteiger partial charge in [-0.3, -0.25) is 0 Å². The number of hydrogen-bond donors (Lipinski definition) is 0. The van der Waals surface area contributed by atoms with Crippen molar-refractivity contribution in [3.63, 3.8) is 0 Å². The van der Waals surface area contributed by atoms with Crippen molar-refractivity contribution in [3.05, 3.63) is 39.5 Å². The number of hydrogen-bond acceptors (Lipinski definition) is 1. The number of aromatic nitrogens is 1. The van der Waals surface area contributed by atoms with Gasteiger partial charge in [-0.2, -0.15) is 0 Å². The number of nitrogens with zero attached hydrogens (tertiary/aromatic N) is 1. The Morgan fingerprint density at radius 2 is 2.07 bits per heavy atom. The van der Waals surface area contributed by atoms with Gasteiger partial charge in [-0.15, -0.1) is 11.6 Å². The van der Waals surface area contributed by atoms with Crippen LogP contribution in [0.1, 0.15) is 5.69 Å². The van der Waals surface area contributed by atoms with Crippen molar-refractivity contribution in [2.75, 3.05) is 0 Å². The number of rotatable bonds is 1. The van der Waals surface area contributed by atoms with Crippen molar-refractivity contribution in [2.24, 2.45) is 0 Å². The number of alkyl halides is 1. The fourth-order valence-electron chi connectivity index (χ4n) is 1.25. The SMILES string of the molecule is ClCc1nc2cc(Br)ccc2cc1Cl. The Kier molecular flexibility index (Phi) is 2.96. The van der Waals surface area contributed by atoms with Crippen LogP contribution < -0.4 is 0 Å². The molecule has 1 nitrogen and oxygen atoms in total. The van der Waals surface area contributed by atoms with Crippen LogP contribution >= 0.6 is 39.1 Å². The second-order valence-electron chi connectivity index (χ2n) is 2.89. The van der Waals surface area contributed by atoms with Crippen LogP contribution in [0.15, 0.2) is 28.7 Å². The summed E-state index contributed by atoms with van der Waals surface area (Å²) >= 11 is 15.1. The maximum atomic E-state index is 5.98. The van der Waals surface area contributed by atoms with Crippen LogP contribution in [0.25, 0.3) is 10.9 Å². The van der Waals surface area contributed by atoms with Gasteiger partial charge in [0.15, 0.2) is 0 Å². The smallest absolute Gasteiger partial charge is 0.0744 e. The minimum Gasteiger partial charge on any atom is -0.250 e. The van der Waals surface area contributed by atoms with Crippen molar-refractivity contribution in [3.8, 4) is 0 Å². The third kappa shape index (κ3) is 1.88. The highest BCUT2D eigenvalue weighted by Crippen LogP contribution is 2.24. The first-order valence-electron chi connectivity index (χ1n) is 4.01. The molecule has 1 heterocycles. The van der Waals surface area contributed by atoms with Gasteiger partial charge in [-0.1, -0.05) is 33.6 Å². The second kappa shape index (κ2) is 4.05. The Morgan fingerprint density at radius 3 is 2.79 bits per heavy atom.